The third-order valence-corrected chi connectivity index (χ3v) is 8.89. The second-order valence-electron chi connectivity index (χ2n) is 11.0. The van der Waals surface area contributed by atoms with Crippen LogP contribution in [0, 0.1) is 12.7 Å². The maximum Gasteiger partial charge on any atom is 0.420 e. The van der Waals surface area contributed by atoms with E-state index in [0.29, 0.717) is 37.7 Å². The van der Waals surface area contributed by atoms with E-state index in [2.05, 4.69) is 31.7 Å². The van der Waals surface area contributed by atoms with Crippen LogP contribution < -0.4 is 5.73 Å². The molecule has 10 nitrogen and oxygen atoms in total. The van der Waals surface area contributed by atoms with Gasteiger partial charge in [0.15, 0.2) is 0 Å². The number of halogens is 5. The minimum Gasteiger partial charge on any atom is -0.368 e. The summed E-state index contributed by atoms with van der Waals surface area (Å²) in [5.74, 6) is -0.779. The number of hydrogen-bond donors (Lipinski definition) is 1. The van der Waals surface area contributed by atoms with E-state index in [4.69, 9.17) is 5.73 Å². The van der Waals surface area contributed by atoms with Gasteiger partial charge in [-0.3, -0.25) is 4.90 Å². The second kappa shape index (κ2) is 16.1. The molecular formula is C30H45F5N8O2S. The maximum atomic E-state index is 15.1. The van der Waals surface area contributed by atoms with Crippen LogP contribution in [0.1, 0.15) is 51.7 Å². The summed E-state index contributed by atoms with van der Waals surface area (Å²) in [4.78, 5) is 15.8. The number of sulfonamides is 1. The summed E-state index contributed by atoms with van der Waals surface area (Å²) in [6.45, 7) is 13.9. The van der Waals surface area contributed by atoms with Crippen molar-refractivity contribution in [2.24, 2.45) is 0 Å². The number of aromatic nitrogens is 4. The molecule has 0 bridgehead atoms. The number of nitrogen functional groups attached to an aromatic ring is 1. The summed E-state index contributed by atoms with van der Waals surface area (Å²) >= 11 is 0. The maximum absolute atomic E-state index is 15.1. The lowest BCUT2D eigenvalue weighted by molar-refractivity contribution is -0.137. The number of likely N-dealkylation sites (N-methyl/N-ethyl adjacent to an activating group) is 1. The van der Waals surface area contributed by atoms with Crippen LogP contribution in [0.2, 0.25) is 0 Å². The highest BCUT2D eigenvalue weighted by molar-refractivity contribution is 7.88. The van der Waals surface area contributed by atoms with Gasteiger partial charge in [0, 0.05) is 59.6 Å². The zero-order chi connectivity index (χ0) is 34.2. The number of piperazine rings is 1. The van der Waals surface area contributed by atoms with Gasteiger partial charge in [0.25, 0.3) is 0 Å². The Bertz CT molecular complexity index is 1530. The van der Waals surface area contributed by atoms with E-state index in [-0.39, 0.29) is 25.3 Å². The van der Waals surface area contributed by atoms with Gasteiger partial charge in [-0.1, -0.05) is 26.8 Å². The molecule has 0 unspecified atom stereocenters. The standard InChI is InChI=1S/C22H25F4N7.C6H12FNO2S.C2H6.H2/c1-3-31-4-6-32(7-5-31)11-15-8-14(2)20(17(23)9-15)33-12-18(29-13-33)19-16(22(24,25)26)10-28-21(27)30-19;1-11(9,10)8-4-2-3-6(7)5-8;1-2;/h8-10,12-13H,3-7,11H2,1-2H3,(H2,27,28,30);6H,2-5H2,1H3;1-2H3;1H/t;6-;;/m.0../s1. The molecule has 1 aromatic carbocycles. The number of piperidine rings is 1. The average molecular weight is 677 g/mol. The van der Waals surface area contributed by atoms with Crippen molar-refractivity contribution in [3.63, 3.8) is 0 Å². The van der Waals surface area contributed by atoms with Gasteiger partial charge in [-0.2, -0.15) is 17.5 Å². The molecule has 0 saturated carbocycles. The van der Waals surface area contributed by atoms with Crippen LogP contribution >= 0.6 is 0 Å². The van der Waals surface area contributed by atoms with Crippen molar-refractivity contribution >= 4 is 16.0 Å². The minimum absolute atomic E-state index is 0. The van der Waals surface area contributed by atoms with Crippen LogP contribution in [0.4, 0.5) is 27.9 Å². The van der Waals surface area contributed by atoms with E-state index in [1.807, 2.05) is 19.9 Å². The van der Waals surface area contributed by atoms with E-state index in [9.17, 15) is 26.0 Å². The lowest BCUT2D eigenvalue weighted by atomic mass is 10.1. The fourth-order valence-corrected chi connectivity index (χ4v) is 6.20. The van der Waals surface area contributed by atoms with Crippen LogP contribution in [-0.2, 0) is 22.7 Å². The Kier molecular flexibility index (Phi) is 13.0. The first-order valence-electron chi connectivity index (χ1n) is 15.2. The molecule has 16 heteroatoms. The SMILES string of the molecule is CC.CCN1CCN(Cc2cc(C)c(-n3cnc(-c4nc(N)ncc4C(F)(F)F)c3)c(F)c2)CC1.CS(=O)(=O)N1CCC[C@H](F)C1.[HH]. The molecular weight excluding hydrogens is 631 g/mol. The number of rotatable bonds is 6. The summed E-state index contributed by atoms with van der Waals surface area (Å²) in [5, 5.41) is 0. The first kappa shape index (κ1) is 37.2. The fourth-order valence-electron chi connectivity index (χ4n) is 5.31. The number of imidazole rings is 1. The number of aryl methyl sites for hydroxylation is 1. The van der Waals surface area contributed by atoms with Crippen LogP contribution in [0.25, 0.3) is 17.1 Å². The molecule has 2 N–H and O–H groups in total. The largest absolute Gasteiger partial charge is 0.420 e. The molecule has 2 aromatic heterocycles. The Morgan fingerprint density at radius 1 is 1.07 bits per heavy atom. The highest BCUT2D eigenvalue weighted by Crippen LogP contribution is 2.35. The quantitative estimate of drug-likeness (QED) is 0.356. The van der Waals surface area contributed by atoms with Crippen molar-refractivity contribution in [2.45, 2.75) is 59.4 Å². The van der Waals surface area contributed by atoms with Gasteiger partial charge in [-0.25, -0.2) is 32.2 Å². The zero-order valence-corrected chi connectivity index (χ0v) is 27.7. The van der Waals surface area contributed by atoms with E-state index < -0.39 is 39.4 Å². The molecule has 258 valence electrons. The molecule has 5 rings (SSSR count). The van der Waals surface area contributed by atoms with Crippen molar-refractivity contribution in [1.82, 2.24) is 33.6 Å². The summed E-state index contributed by atoms with van der Waals surface area (Å²) < 4.78 is 92.3. The molecule has 2 fully saturated rings. The second-order valence-corrected chi connectivity index (χ2v) is 13.0. The number of alkyl halides is 4. The van der Waals surface area contributed by atoms with Crippen molar-refractivity contribution in [3.05, 3.63) is 53.4 Å². The normalized spacial score (nSPS) is 18.3. The van der Waals surface area contributed by atoms with E-state index >= 15 is 4.39 Å². The molecule has 4 heterocycles. The Morgan fingerprint density at radius 2 is 1.72 bits per heavy atom. The summed E-state index contributed by atoms with van der Waals surface area (Å²) in [6.07, 6.45) is -0.214. The summed E-state index contributed by atoms with van der Waals surface area (Å²) in [6, 6.07) is 3.37. The van der Waals surface area contributed by atoms with E-state index in [1.54, 1.807) is 6.92 Å². The van der Waals surface area contributed by atoms with Crippen LogP contribution in [0.5, 0.6) is 0 Å². The lowest BCUT2D eigenvalue weighted by Crippen LogP contribution is -2.45. The van der Waals surface area contributed by atoms with Gasteiger partial charge in [0.2, 0.25) is 16.0 Å². The first-order valence-corrected chi connectivity index (χ1v) is 17.1. The van der Waals surface area contributed by atoms with Gasteiger partial charge in [-0.05, 0) is 43.5 Å². The van der Waals surface area contributed by atoms with Crippen LogP contribution in [0.3, 0.4) is 0 Å². The molecule has 0 spiro atoms. The molecule has 0 amide bonds. The van der Waals surface area contributed by atoms with Crippen molar-refractivity contribution in [2.75, 3.05) is 57.8 Å². The number of benzene rings is 1. The molecule has 0 radical (unpaired) electrons. The highest BCUT2D eigenvalue weighted by atomic mass is 32.2. The van der Waals surface area contributed by atoms with E-state index in [0.717, 1.165) is 44.5 Å². The Hall–Kier alpha value is -3.21. The van der Waals surface area contributed by atoms with Crippen molar-refractivity contribution in [1.29, 1.82) is 0 Å². The van der Waals surface area contributed by atoms with Gasteiger partial charge in [0.05, 0.1) is 11.9 Å². The number of nitrogens with two attached hydrogens (primary N) is 1. The Labute approximate surface area is 269 Å². The zero-order valence-electron chi connectivity index (χ0n) is 26.9. The molecule has 2 aliphatic rings. The van der Waals surface area contributed by atoms with Crippen molar-refractivity contribution < 1.29 is 31.8 Å². The molecule has 2 saturated heterocycles. The van der Waals surface area contributed by atoms with Crippen LogP contribution in [-0.4, -0.2) is 100 Å². The molecule has 46 heavy (non-hydrogen) atoms. The molecule has 0 aliphatic carbocycles. The lowest BCUT2D eigenvalue weighted by Gasteiger charge is -2.34. The third kappa shape index (κ3) is 9.89. The predicted octanol–water partition coefficient (Wildman–Crippen LogP) is 5.17. The molecule has 1 atom stereocenters. The van der Waals surface area contributed by atoms with Gasteiger partial charge in [-0.15, -0.1) is 0 Å². The van der Waals surface area contributed by atoms with Gasteiger partial charge in [0.1, 0.15) is 35.3 Å². The summed E-state index contributed by atoms with van der Waals surface area (Å²) in [7, 11) is -3.17. The Morgan fingerprint density at radius 3 is 2.26 bits per heavy atom. The van der Waals surface area contributed by atoms with E-state index in [1.165, 1.54) is 27.5 Å². The van der Waals surface area contributed by atoms with Gasteiger partial charge < -0.3 is 15.2 Å². The smallest absolute Gasteiger partial charge is 0.368 e. The first-order chi connectivity index (χ1) is 21.7. The number of anilines is 1. The fraction of sp³-hybridized carbons (Fsp3) is 0.567. The summed E-state index contributed by atoms with van der Waals surface area (Å²) in [5.41, 5.74) is 5.64. The van der Waals surface area contributed by atoms with Crippen molar-refractivity contribution in [3.8, 4) is 17.1 Å². The topological polar surface area (TPSA) is 113 Å². The molecule has 2 aliphatic heterocycles. The number of nitrogens with zero attached hydrogens (tertiary/aromatic N) is 7. The Balaban J connectivity index is 0.000000464. The predicted molar refractivity (Wildman–Crippen MR) is 170 cm³/mol. The monoisotopic (exact) mass is 676 g/mol. The van der Waals surface area contributed by atoms with Gasteiger partial charge >= 0.3 is 6.18 Å². The average Bonchev–Trinajstić information content (AvgIpc) is 3.47. The van der Waals surface area contributed by atoms with Crippen LogP contribution in [0.15, 0.2) is 30.9 Å². The number of hydrogen-bond acceptors (Lipinski definition) is 8. The minimum atomic E-state index is -4.68. The highest BCUT2D eigenvalue weighted by Gasteiger charge is 2.36. The third-order valence-electron chi connectivity index (χ3n) is 7.62. The molecule has 3 aromatic rings.